The molecule has 0 atom stereocenters. The van der Waals surface area contributed by atoms with Crippen LogP contribution in [0.2, 0.25) is 0 Å². The van der Waals surface area contributed by atoms with Gasteiger partial charge in [0.1, 0.15) is 5.82 Å². The predicted octanol–water partition coefficient (Wildman–Crippen LogP) is 1.60. The van der Waals surface area contributed by atoms with Gasteiger partial charge in [0.05, 0.1) is 6.42 Å². The molecule has 1 rings (SSSR count). The third-order valence-electron chi connectivity index (χ3n) is 2.18. The molecule has 0 aromatic heterocycles. The van der Waals surface area contributed by atoms with Gasteiger partial charge in [-0.05, 0) is 17.7 Å². The number of benzene rings is 1. The van der Waals surface area contributed by atoms with Crippen molar-refractivity contribution in [1.82, 2.24) is 5.32 Å². The second-order valence-electron chi connectivity index (χ2n) is 3.77. The first-order valence-corrected chi connectivity index (χ1v) is 5.40. The fourth-order valence-electron chi connectivity index (χ4n) is 1.39. The van der Waals surface area contributed by atoms with Crippen LogP contribution in [0.5, 0.6) is 0 Å². The molecule has 0 spiro atoms. The summed E-state index contributed by atoms with van der Waals surface area (Å²) in [6.45, 7) is 1.69. The summed E-state index contributed by atoms with van der Waals surface area (Å²) in [6, 6.07) is 4.15. The smallest absolute Gasteiger partial charge is 0.307 e. The lowest BCUT2D eigenvalue weighted by atomic mass is 10.1. The summed E-state index contributed by atoms with van der Waals surface area (Å²) in [5.41, 5.74) is 0.835. The molecule has 18 heavy (non-hydrogen) atoms. The molecule has 0 aliphatic carbocycles. The normalized spacial score (nSPS) is 10.6. The summed E-state index contributed by atoms with van der Waals surface area (Å²) in [5.74, 6) is -1.56. The molecule has 0 saturated carbocycles. The molecule has 1 aromatic carbocycles. The highest BCUT2D eigenvalue weighted by atomic mass is 19.1. The maximum atomic E-state index is 13.4. The van der Waals surface area contributed by atoms with Crippen molar-refractivity contribution in [2.75, 3.05) is 6.54 Å². The highest BCUT2D eigenvalue weighted by molar-refractivity contribution is 5.73. The van der Waals surface area contributed by atoms with E-state index in [9.17, 15) is 14.0 Å². The molecule has 1 amide bonds. The van der Waals surface area contributed by atoms with E-state index in [1.54, 1.807) is 6.08 Å². The number of halogens is 1. The highest BCUT2D eigenvalue weighted by Crippen LogP contribution is 2.12. The van der Waals surface area contributed by atoms with Crippen LogP contribution in [0.3, 0.4) is 0 Å². The van der Waals surface area contributed by atoms with E-state index in [-0.39, 0.29) is 12.3 Å². The van der Waals surface area contributed by atoms with Gasteiger partial charge < -0.3 is 10.4 Å². The second kappa shape index (κ2) is 6.54. The summed E-state index contributed by atoms with van der Waals surface area (Å²) in [4.78, 5) is 21.2. The molecule has 0 bridgehead atoms. The number of nitrogens with one attached hydrogen (secondary N) is 1. The Morgan fingerprint density at radius 3 is 2.78 bits per heavy atom. The Bertz CT molecular complexity index is 483. The van der Waals surface area contributed by atoms with Gasteiger partial charge in [0.25, 0.3) is 0 Å². The van der Waals surface area contributed by atoms with Crippen LogP contribution >= 0.6 is 0 Å². The molecule has 4 nitrogen and oxygen atoms in total. The predicted molar refractivity (Wildman–Crippen MR) is 65.5 cm³/mol. The summed E-state index contributed by atoms with van der Waals surface area (Å²) in [7, 11) is 0. The van der Waals surface area contributed by atoms with Crippen molar-refractivity contribution < 1.29 is 19.1 Å². The van der Waals surface area contributed by atoms with E-state index in [2.05, 4.69) is 5.32 Å². The molecule has 0 radical (unpaired) electrons. The van der Waals surface area contributed by atoms with Crippen LogP contribution in [0.25, 0.3) is 6.08 Å². The van der Waals surface area contributed by atoms with E-state index in [1.165, 1.54) is 31.2 Å². The van der Waals surface area contributed by atoms with Gasteiger partial charge in [-0.3, -0.25) is 9.59 Å². The number of amides is 1. The van der Waals surface area contributed by atoms with Gasteiger partial charge in [-0.15, -0.1) is 0 Å². The number of hydrogen-bond acceptors (Lipinski definition) is 2. The maximum absolute atomic E-state index is 13.4. The Morgan fingerprint density at radius 1 is 1.44 bits per heavy atom. The molecule has 0 saturated heterocycles. The van der Waals surface area contributed by atoms with Gasteiger partial charge in [-0.1, -0.05) is 18.2 Å². The molecule has 0 heterocycles. The van der Waals surface area contributed by atoms with E-state index in [0.717, 1.165) is 0 Å². The summed E-state index contributed by atoms with van der Waals surface area (Å²) < 4.78 is 13.4. The summed E-state index contributed by atoms with van der Waals surface area (Å²) >= 11 is 0. The van der Waals surface area contributed by atoms with Crippen LogP contribution in [0.1, 0.15) is 18.1 Å². The number of carboxylic acid groups (broad SMARTS) is 1. The minimum absolute atomic E-state index is 0.146. The largest absolute Gasteiger partial charge is 0.481 e. The average molecular weight is 251 g/mol. The van der Waals surface area contributed by atoms with Crippen LogP contribution < -0.4 is 5.32 Å². The number of rotatable bonds is 5. The van der Waals surface area contributed by atoms with E-state index in [0.29, 0.717) is 17.7 Å². The lowest BCUT2D eigenvalue weighted by Gasteiger charge is -2.01. The van der Waals surface area contributed by atoms with Gasteiger partial charge in [0, 0.05) is 19.0 Å². The van der Waals surface area contributed by atoms with Crippen LogP contribution in [0.15, 0.2) is 24.3 Å². The van der Waals surface area contributed by atoms with Gasteiger partial charge in [-0.2, -0.15) is 0 Å². The molecule has 0 aliphatic rings. The quantitative estimate of drug-likeness (QED) is 0.835. The topological polar surface area (TPSA) is 66.4 Å². The minimum Gasteiger partial charge on any atom is -0.481 e. The Kier molecular flexibility index (Phi) is 5.05. The Morgan fingerprint density at radius 2 is 2.17 bits per heavy atom. The third kappa shape index (κ3) is 4.78. The van der Waals surface area contributed by atoms with Gasteiger partial charge in [0.15, 0.2) is 0 Å². The Balaban J connectivity index is 2.74. The zero-order chi connectivity index (χ0) is 13.5. The molecule has 96 valence electrons. The third-order valence-corrected chi connectivity index (χ3v) is 2.18. The lowest BCUT2D eigenvalue weighted by molar-refractivity contribution is -0.136. The van der Waals surface area contributed by atoms with Crippen LogP contribution in [-0.2, 0) is 16.0 Å². The van der Waals surface area contributed by atoms with Crippen molar-refractivity contribution in [2.45, 2.75) is 13.3 Å². The highest BCUT2D eigenvalue weighted by Gasteiger charge is 2.04. The van der Waals surface area contributed by atoms with Gasteiger partial charge >= 0.3 is 5.97 Å². The first-order valence-electron chi connectivity index (χ1n) is 5.40. The molecular formula is C13H14FNO3. The molecule has 1 aromatic rings. The summed E-state index contributed by atoms with van der Waals surface area (Å²) in [5, 5.41) is 11.2. The van der Waals surface area contributed by atoms with Crippen molar-refractivity contribution in [1.29, 1.82) is 0 Å². The fourth-order valence-corrected chi connectivity index (χ4v) is 1.39. The van der Waals surface area contributed by atoms with Crippen LogP contribution in [0.4, 0.5) is 4.39 Å². The van der Waals surface area contributed by atoms with Crippen molar-refractivity contribution in [3.05, 3.63) is 41.2 Å². The van der Waals surface area contributed by atoms with Crippen molar-refractivity contribution in [3.8, 4) is 0 Å². The Labute approximate surface area is 104 Å². The van der Waals surface area contributed by atoms with Crippen LogP contribution in [0, 0.1) is 5.82 Å². The number of aliphatic carboxylic acids is 1. The zero-order valence-corrected chi connectivity index (χ0v) is 9.94. The average Bonchev–Trinajstić information content (AvgIpc) is 2.27. The first kappa shape index (κ1) is 13.9. The molecular weight excluding hydrogens is 237 g/mol. The van der Waals surface area contributed by atoms with Gasteiger partial charge in [-0.25, -0.2) is 4.39 Å². The lowest BCUT2D eigenvalue weighted by Crippen LogP contribution is -2.19. The molecule has 5 heteroatoms. The second-order valence-corrected chi connectivity index (χ2v) is 3.77. The number of carboxylic acids is 1. The first-order chi connectivity index (χ1) is 8.49. The molecule has 2 N–H and O–H groups in total. The SMILES string of the molecule is CC(=O)NCC=Cc1cc(CC(=O)O)ccc1F. The Hall–Kier alpha value is -2.17. The molecule has 0 aliphatic heterocycles. The van der Waals surface area contributed by atoms with Gasteiger partial charge in [0.2, 0.25) is 5.91 Å². The van der Waals surface area contributed by atoms with E-state index in [1.807, 2.05) is 0 Å². The van der Waals surface area contributed by atoms with Crippen molar-refractivity contribution in [2.24, 2.45) is 0 Å². The maximum Gasteiger partial charge on any atom is 0.307 e. The summed E-state index contributed by atoms with van der Waals surface area (Å²) in [6.07, 6.45) is 2.97. The standard InChI is InChI=1S/C13H14FNO3/c1-9(16)15-6-2-3-11-7-10(8-13(17)18)4-5-12(11)14/h2-5,7H,6,8H2,1H3,(H,15,16)(H,17,18). The number of carbonyl (C=O) groups is 2. The van der Waals surface area contributed by atoms with Crippen molar-refractivity contribution in [3.63, 3.8) is 0 Å². The molecule has 0 unspecified atom stereocenters. The van der Waals surface area contributed by atoms with Crippen LogP contribution in [-0.4, -0.2) is 23.5 Å². The zero-order valence-electron chi connectivity index (χ0n) is 9.94. The minimum atomic E-state index is -0.963. The van der Waals surface area contributed by atoms with E-state index < -0.39 is 11.8 Å². The van der Waals surface area contributed by atoms with E-state index in [4.69, 9.17) is 5.11 Å². The monoisotopic (exact) mass is 251 g/mol. The fraction of sp³-hybridized carbons (Fsp3) is 0.231. The molecule has 0 fully saturated rings. The van der Waals surface area contributed by atoms with Crippen molar-refractivity contribution >= 4 is 18.0 Å². The number of hydrogen-bond donors (Lipinski definition) is 2. The number of carbonyl (C=O) groups excluding carboxylic acids is 1. The van der Waals surface area contributed by atoms with E-state index >= 15 is 0 Å².